The molecule has 0 aromatic heterocycles. The Morgan fingerprint density at radius 1 is 1.47 bits per heavy atom. The van der Waals surface area contributed by atoms with Crippen LogP contribution in [0, 0.1) is 0 Å². The van der Waals surface area contributed by atoms with Gasteiger partial charge in [-0.15, -0.1) is 0 Å². The van der Waals surface area contributed by atoms with Crippen LogP contribution in [-0.2, 0) is 4.79 Å². The van der Waals surface area contributed by atoms with Crippen LogP contribution in [0.4, 0.5) is 10.5 Å². The third-order valence-corrected chi connectivity index (χ3v) is 2.51. The van der Waals surface area contributed by atoms with E-state index in [1.54, 1.807) is 19.1 Å². The summed E-state index contributed by atoms with van der Waals surface area (Å²) in [5.74, 6) is -0.273. The molecule has 0 aliphatic carbocycles. The molecule has 0 aliphatic rings. The Bertz CT molecular complexity index is 479. The highest BCUT2D eigenvalue weighted by Gasteiger charge is 2.18. The summed E-state index contributed by atoms with van der Waals surface area (Å²) >= 11 is 5.91. The predicted molar refractivity (Wildman–Crippen MR) is 73.2 cm³/mol. The van der Waals surface area contributed by atoms with Gasteiger partial charge in [-0.25, -0.2) is 4.79 Å². The fourth-order valence-electron chi connectivity index (χ4n) is 1.27. The number of imide groups is 1. The number of amides is 3. The average Bonchev–Trinajstić information content (AvgIpc) is 2.34. The van der Waals surface area contributed by atoms with Gasteiger partial charge in [-0.05, 0) is 26.0 Å². The zero-order valence-corrected chi connectivity index (χ0v) is 11.5. The lowest BCUT2D eigenvalue weighted by Gasteiger charge is -2.15. The first-order valence-electron chi connectivity index (χ1n) is 5.74. The Balaban J connectivity index is 2.63. The second-order valence-electron chi connectivity index (χ2n) is 3.80. The van der Waals surface area contributed by atoms with E-state index in [1.807, 2.05) is 0 Å². The van der Waals surface area contributed by atoms with Crippen molar-refractivity contribution < 1.29 is 14.3 Å². The van der Waals surface area contributed by atoms with Gasteiger partial charge < -0.3 is 15.8 Å². The van der Waals surface area contributed by atoms with Gasteiger partial charge in [0.15, 0.2) is 6.10 Å². The second kappa shape index (κ2) is 6.84. The van der Waals surface area contributed by atoms with Crippen LogP contribution in [0.2, 0.25) is 5.02 Å². The molecule has 19 heavy (non-hydrogen) atoms. The Hall–Kier alpha value is -1.95. The Morgan fingerprint density at radius 3 is 2.79 bits per heavy atom. The van der Waals surface area contributed by atoms with Crippen LogP contribution in [0.1, 0.15) is 13.8 Å². The third-order valence-electron chi connectivity index (χ3n) is 2.20. The van der Waals surface area contributed by atoms with Crippen LogP contribution in [0.15, 0.2) is 18.2 Å². The molecule has 1 rings (SSSR count). The van der Waals surface area contributed by atoms with E-state index in [4.69, 9.17) is 22.1 Å². The van der Waals surface area contributed by atoms with Crippen LogP contribution >= 0.6 is 11.6 Å². The number of nitrogen functional groups attached to an aromatic ring is 1. The Kier molecular flexibility index (Phi) is 5.44. The highest BCUT2D eigenvalue weighted by Crippen LogP contribution is 2.27. The second-order valence-corrected chi connectivity index (χ2v) is 4.21. The Labute approximate surface area is 116 Å². The van der Waals surface area contributed by atoms with Gasteiger partial charge in [0, 0.05) is 18.3 Å². The summed E-state index contributed by atoms with van der Waals surface area (Å²) in [6.45, 7) is 3.68. The summed E-state index contributed by atoms with van der Waals surface area (Å²) in [5.41, 5.74) is 6.06. The number of benzene rings is 1. The van der Waals surface area contributed by atoms with E-state index in [2.05, 4.69) is 10.6 Å². The standard InChI is InChI=1S/C12H16ClN3O3/c1-3-15-12(18)16-11(17)7(2)19-10-6-8(14)4-5-9(10)13/h4-7H,3,14H2,1-2H3,(H2,15,16,17,18). The maximum Gasteiger partial charge on any atom is 0.321 e. The number of urea groups is 1. The molecule has 1 aromatic carbocycles. The molecule has 3 amide bonds. The van der Waals surface area contributed by atoms with Crippen LogP contribution < -0.4 is 21.1 Å². The van der Waals surface area contributed by atoms with Crippen molar-refractivity contribution in [1.29, 1.82) is 0 Å². The number of carbonyl (C=O) groups excluding carboxylic acids is 2. The summed E-state index contributed by atoms with van der Waals surface area (Å²) < 4.78 is 5.36. The predicted octanol–water partition coefficient (Wildman–Crippen LogP) is 1.54. The van der Waals surface area contributed by atoms with Gasteiger partial charge >= 0.3 is 6.03 Å². The number of ether oxygens (including phenoxy) is 1. The van der Waals surface area contributed by atoms with Crippen LogP contribution in [0.3, 0.4) is 0 Å². The highest BCUT2D eigenvalue weighted by atomic mass is 35.5. The van der Waals surface area contributed by atoms with Crippen LogP contribution in [0.25, 0.3) is 0 Å². The Morgan fingerprint density at radius 2 is 2.16 bits per heavy atom. The van der Waals surface area contributed by atoms with Crippen molar-refractivity contribution in [3.8, 4) is 5.75 Å². The summed E-state index contributed by atoms with van der Waals surface area (Å²) in [6, 6.07) is 4.13. The van der Waals surface area contributed by atoms with E-state index in [1.165, 1.54) is 13.0 Å². The lowest BCUT2D eigenvalue weighted by Crippen LogP contribution is -2.45. The summed E-state index contributed by atoms with van der Waals surface area (Å²) in [4.78, 5) is 22.8. The number of carbonyl (C=O) groups is 2. The van der Waals surface area contributed by atoms with E-state index < -0.39 is 18.0 Å². The van der Waals surface area contributed by atoms with Crippen molar-refractivity contribution in [2.45, 2.75) is 20.0 Å². The van der Waals surface area contributed by atoms with E-state index >= 15 is 0 Å². The molecule has 1 aromatic rings. The largest absolute Gasteiger partial charge is 0.479 e. The van der Waals surface area contributed by atoms with Gasteiger partial charge in [0.2, 0.25) is 0 Å². The lowest BCUT2D eigenvalue weighted by atomic mass is 10.3. The average molecular weight is 286 g/mol. The summed E-state index contributed by atoms with van der Waals surface area (Å²) in [7, 11) is 0. The van der Waals surface area contributed by atoms with Crippen LogP contribution in [-0.4, -0.2) is 24.6 Å². The van der Waals surface area contributed by atoms with Gasteiger partial charge in [-0.2, -0.15) is 0 Å². The van der Waals surface area contributed by atoms with Gasteiger partial charge in [0.05, 0.1) is 5.02 Å². The topological polar surface area (TPSA) is 93.5 Å². The van der Waals surface area contributed by atoms with Crippen LogP contribution in [0.5, 0.6) is 5.75 Å². The van der Waals surface area contributed by atoms with Crippen molar-refractivity contribution in [2.24, 2.45) is 0 Å². The van der Waals surface area contributed by atoms with Gasteiger partial charge in [0.25, 0.3) is 5.91 Å². The molecular weight excluding hydrogens is 270 g/mol. The first-order chi connectivity index (χ1) is 8.93. The van der Waals surface area contributed by atoms with Gasteiger partial charge in [0.1, 0.15) is 5.75 Å². The molecule has 0 fully saturated rings. The molecule has 0 aliphatic heterocycles. The molecule has 0 spiro atoms. The molecule has 7 heteroatoms. The van der Waals surface area contributed by atoms with Crippen molar-refractivity contribution >= 4 is 29.2 Å². The van der Waals surface area contributed by atoms with Crippen molar-refractivity contribution in [3.63, 3.8) is 0 Å². The maximum atomic E-state index is 11.7. The summed E-state index contributed by atoms with van der Waals surface area (Å²) in [5, 5.41) is 4.93. The zero-order valence-electron chi connectivity index (χ0n) is 10.7. The number of hydrogen-bond donors (Lipinski definition) is 3. The number of anilines is 1. The minimum atomic E-state index is -0.873. The van der Waals surface area contributed by atoms with Crippen molar-refractivity contribution in [3.05, 3.63) is 23.2 Å². The number of hydrogen-bond acceptors (Lipinski definition) is 4. The smallest absolute Gasteiger partial charge is 0.321 e. The first-order valence-corrected chi connectivity index (χ1v) is 6.12. The number of nitrogens with two attached hydrogens (primary N) is 1. The van der Waals surface area contributed by atoms with E-state index in [9.17, 15) is 9.59 Å². The molecule has 0 saturated carbocycles. The quantitative estimate of drug-likeness (QED) is 0.732. The number of nitrogens with one attached hydrogen (secondary N) is 2. The molecule has 4 N–H and O–H groups in total. The monoisotopic (exact) mass is 285 g/mol. The maximum absolute atomic E-state index is 11.7. The van der Waals surface area contributed by atoms with Gasteiger partial charge in [-0.1, -0.05) is 11.6 Å². The zero-order chi connectivity index (χ0) is 14.4. The third kappa shape index (κ3) is 4.67. The molecule has 0 heterocycles. The molecule has 1 unspecified atom stereocenters. The minimum Gasteiger partial charge on any atom is -0.479 e. The van der Waals surface area contributed by atoms with E-state index in [0.717, 1.165) is 0 Å². The minimum absolute atomic E-state index is 0.292. The fraction of sp³-hybridized carbons (Fsp3) is 0.333. The van der Waals surface area contributed by atoms with E-state index in [-0.39, 0.29) is 0 Å². The molecule has 1 atom stereocenters. The van der Waals surface area contributed by atoms with Crippen molar-refractivity contribution in [2.75, 3.05) is 12.3 Å². The lowest BCUT2D eigenvalue weighted by molar-refractivity contribution is -0.126. The first kappa shape index (κ1) is 15.1. The molecular formula is C12H16ClN3O3. The molecule has 104 valence electrons. The number of halogens is 1. The highest BCUT2D eigenvalue weighted by molar-refractivity contribution is 6.32. The SMILES string of the molecule is CCNC(=O)NC(=O)C(C)Oc1cc(N)ccc1Cl. The molecule has 0 bridgehead atoms. The summed E-state index contributed by atoms with van der Waals surface area (Å²) in [6.07, 6.45) is -0.873. The number of rotatable bonds is 4. The van der Waals surface area contributed by atoms with Gasteiger partial charge in [-0.3, -0.25) is 10.1 Å². The molecule has 0 radical (unpaired) electrons. The molecule has 0 saturated heterocycles. The van der Waals surface area contributed by atoms with Crippen molar-refractivity contribution in [1.82, 2.24) is 10.6 Å². The fourth-order valence-corrected chi connectivity index (χ4v) is 1.43. The normalized spacial score (nSPS) is 11.5. The van der Waals surface area contributed by atoms with E-state index in [0.29, 0.717) is 23.0 Å². The molecule has 6 nitrogen and oxygen atoms in total.